The van der Waals surface area contributed by atoms with Crippen molar-refractivity contribution in [3.8, 4) is 0 Å². The Morgan fingerprint density at radius 2 is 1.39 bits per heavy atom. The Balaban J connectivity index is 1.37. The number of hydrogen-bond donors (Lipinski definition) is 1. The number of fused-ring (bicyclic) bond motifs is 9. The van der Waals surface area contributed by atoms with Crippen molar-refractivity contribution in [1.82, 2.24) is 4.98 Å². The van der Waals surface area contributed by atoms with E-state index >= 15 is 0 Å². The van der Waals surface area contributed by atoms with Gasteiger partial charge in [0.05, 0.1) is 23.0 Å². The second kappa shape index (κ2) is 8.47. The SMILES string of the molecule is C1=Cc2c(oc3ccc(N(c4cnc5oc6ccccc6c5c4)c4cc5ccccc5c5ccccc45)cc23)NC1. The first-order valence-corrected chi connectivity index (χ1v) is 13.8. The van der Waals surface area contributed by atoms with Crippen LogP contribution in [-0.4, -0.2) is 11.5 Å². The number of pyridine rings is 1. The molecule has 1 N–H and O–H groups in total. The van der Waals surface area contributed by atoms with Gasteiger partial charge >= 0.3 is 0 Å². The fourth-order valence-corrected chi connectivity index (χ4v) is 6.24. The maximum absolute atomic E-state index is 6.15. The third kappa shape index (κ3) is 3.33. The van der Waals surface area contributed by atoms with Gasteiger partial charge in [0, 0.05) is 34.0 Å². The lowest BCUT2D eigenvalue weighted by molar-refractivity contribution is 0.628. The summed E-state index contributed by atoms with van der Waals surface area (Å²) in [5.41, 5.74) is 6.46. The zero-order valence-corrected chi connectivity index (χ0v) is 22.0. The highest BCUT2D eigenvalue weighted by molar-refractivity contribution is 6.15. The zero-order valence-electron chi connectivity index (χ0n) is 22.0. The van der Waals surface area contributed by atoms with Gasteiger partial charge in [0.1, 0.15) is 11.2 Å². The molecule has 4 heterocycles. The third-order valence-corrected chi connectivity index (χ3v) is 8.10. The van der Waals surface area contributed by atoms with Gasteiger partial charge in [-0.25, -0.2) is 4.98 Å². The minimum atomic E-state index is 0.633. The van der Waals surface area contributed by atoms with Gasteiger partial charge in [0.15, 0.2) is 0 Å². The van der Waals surface area contributed by atoms with Gasteiger partial charge in [-0.2, -0.15) is 0 Å². The van der Waals surface area contributed by atoms with E-state index < -0.39 is 0 Å². The van der Waals surface area contributed by atoms with E-state index in [4.69, 9.17) is 13.8 Å². The highest BCUT2D eigenvalue weighted by Gasteiger charge is 2.22. The third-order valence-electron chi connectivity index (χ3n) is 8.10. The smallest absolute Gasteiger partial charge is 0.227 e. The lowest BCUT2D eigenvalue weighted by atomic mass is 9.99. The first kappa shape index (κ1) is 22.3. The molecule has 1 aliphatic heterocycles. The number of rotatable bonds is 3. The maximum Gasteiger partial charge on any atom is 0.227 e. The van der Waals surface area contributed by atoms with Crippen molar-refractivity contribution in [3.05, 3.63) is 121 Å². The summed E-state index contributed by atoms with van der Waals surface area (Å²) in [6.07, 6.45) is 6.17. The van der Waals surface area contributed by atoms with Crippen LogP contribution in [0.5, 0.6) is 0 Å². The molecule has 9 rings (SSSR count). The summed E-state index contributed by atoms with van der Waals surface area (Å²) in [6, 6.07) is 36.2. The van der Waals surface area contributed by atoms with E-state index in [0.717, 1.165) is 62.4 Å². The average Bonchev–Trinajstić information content (AvgIpc) is 3.59. The Labute approximate surface area is 234 Å². The van der Waals surface area contributed by atoms with Gasteiger partial charge in [-0.3, -0.25) is 0 Å². The molecule has 0 amide bonds. The van der Waals surface area contributed by atoms with Gasteiger partial charge in [-0.15, -0.1) is 0 Å². The molecular formula is C36H23N3O2. The number of hydrogen-bond acceptors (Lipinski definition) is 5. The fraction of sp³-hybridized carbons (Fsp3) is 0.0278. The molecular weight excluding hydrogens is 506 g/mol. The van der Waals surface area contributed by atoms with Crippen LogP contribution in [0.1, 0.15) is 5.56 Å². The lowest BCUT2D eigenvalue weighted by Gasteiger charge is -2.27. The van der Waals surface area contributed by atoms with Gasteiger partial charge in [-0.1, -0.05) is 78.9 Å². The van der Waals surface area contributed by atoms with Crippen molar-refractivity contribution < 1.29 is 8.83 Å². The van der Waals surface area contributed by atoms with Crippen LogP contribution in [-0.2, 0) is 0 Å². The van der Waals surface area contributed by atoms with Crippen LogP contribution in [0.4, 0.5) is 22.9 Å². The predicted octanol–water partition coefficient (Wildman–Crippen LogP) is 9.94. The largest absolute Gasteiger partial charge is 0.440 e. The summed E-state index contributed by atoms with van der Waals surface area (Å²) in [5.74, 6) is 0.815. The van der Waals surface area contributed by atoms with E-state index in [2.05, 4.69) is 107 Å². The number of anilines is 4. The Kier molecular flexibility index (Phi) is 4.61. The number of nitrogens with one attached hydrogen (secondary N) is 1. The van der Waals surface area contributed by atoms with Crippen LogP contribution in [0, 0.1) is 0 Å². The van der Waals surface area contributed by atoms with Crippen LogP contribution < -0.4 is 10.2 Å². The Hall–Kier alpha value is -5.55. The second-order valence-corrected chi connectivity index (χ2v) is 10.5. The highest BCUT2D eigenvalue weighted by Crippen LogP contribution is 2.45. The minimum Gasteiger partial charge on any atom is -0.440 e. The molecule has 0 fully saturated rings. The van der Waals surface area contributed by atoms with E-state index in [0.29, 0.717) is 5.71 Å². The first-order chi connectivity index (χ1) is 20.3. The number of benzene rings is 5. The number of aromatic nitrogens is 1. The summed E-state index contributed by atoms with van der Waals surface area (Å²) in [4.78, 5) is 7.11. The molecule has 0 saturated heterocycles. The van der Waals surface area contributed by atoms with Gasteiger partial charge in [-0.05, 0) is 52.6 Å². The highest BCUT2D eigenvalue weighted by atomic mass is 16.4. The Morgan fingerprint density at radius 1 is 0.634 bits per heavy atom. The van der Waals surface area contributed by atoms with Crippen molar-refractivity contribution >= 4 is 83.6 Å². The summed E-state index contributed by atoms with van der Waals surface area (Å²) < 4.78 is 12.2. The second-order valence-electron chi connectivity index (χ2n) is 10.5. The van der Waals surface area contributed by atoms with Crippen LogP contribution in [0.3, 0.4) is 0 Å². The van der Waals surface area contributed by atoms with Crippen LogP contribution in [0.2, 0.25) is 0 Å². The van der Waals surface area contributed by atoms with Crippen molar-refractivity contribution in [2.75, 3.05) is 16.8 Å². The molecule has 0 radical (unpaired) electrons. The number of furan rings is 2. The first-order valence-electron chi connectivity index (χ1n) is 13.8. The van der Waals surface area contributed by atoms with Gasteiger partial charge in [0.25, 0.3) is 0 Å². The summed E-state index contributed by atoms with van der Waals surface area (Å²) in [7, 11) is 0. The molecule has 5 nitrogen and oxygen atoms in total. The molecule has 8 aromatic rings. The molecule has 3 aromatic heterocycles. The molecule has 0 bridgehead atoms. The van der Waals surface area contributed by atoms with Gasteiger partial charge in [0.2, 0.25) is 11.6 Å². The van der Waals surface area contributed by atoms with Crippen LogP contribution in [0.25, 0.3) is 60.7 Å². The molecule has 0 aliphatic carbocycles. The quantitative estimate of drug-likeness (QED) is 0.231. The molecule has 41 heavy (non-hydrogen) atoms. The average molecular weight is 530 g/mol. The topological polar surface area (TPSA) is 54.4 Å². The molecule has 5 aromatic carbocycles. The number of nitrogens with zero attached hydrogens (tertiary/aromatic N) is 2. The molecule has 5 heteroatoms. The van der Waals surface area contributed by atoms with E-state index in [-0.39, 0.29) is 0 Å². The van der Waals surface area contributed by atoms with E-state index in [1.54, 1.807) is 0 Å². The maximum atomic E-state index is 6.15. The minimum absolute atomic E-state index is 0.633. The van der Waals surface area contributed by atoms with Crippen LogP contribution in [0.15, 0.2) is 124 Å². The van der Waals surface area contributed by atoms with Crippen molar-refractivity contribution in [3.63, 3.8) is 0 Å². The molecule has 0 saturated carbocycles. The Bertz CT molecular complexity index is 2340. The Morgan fingerprint density at radius 3 is 2.32 bits per heavy atom. The monoisotopic (exact) mass is 529 g/mol. The summed E-state index contributed by atoms with van der Waals surface area (Å²) >= 11 is 0. The molecule has 194 valence electrons. The normalized spacial score (nSPS) is 12.9. The lowest BCUT2D eigenvalue weighted by Crippen LogP contribution is -2.11. The van der Waals surface area contributed by atoms with Crippen molar-refractivity contribution in [2.24, 2.45) is 0 Å². The van der Waals surface area contributed by atoms with E-state index in [9.17, 15) is 0 Å². The number of para-hydroxylation sites is 1. The fourth-order valence-electron chi connectivity index (χ4n) is 6.24. The summed E-state index contributed by atoms with van der Waals surface area (Å²) in [5, 5.41) is 11.3. The van der Waals surface area contributed by atoms with Crippen molar-refractivity contribution in [1.29, 1.82) is 0 Å². The predicted molar refractivity (Wildman–Crippen MR) is 169 cm³/mol. The van der Waals surface area contributed by atoms with E-state index in [1.807, 2.05) is 24.4 Å². The molecule has 1 aliphatic rings. The molecule has 0 unspecified atom stereocenters. The zero-order chi connectivity index (χ0) is 26.9. The molecule has 0 atom stereocenters. The van der Waals surface area contributed by atoms with E-state index in [1.165, 1.54) is 21.5 Å². The van der Waals surface area contributed by atoms with Crippen LogP contribution >= 0.6 is 0 Å². The van der Waals surface area contributed by atoms with Gasteiger partial charge < -0.3 is 19.1 Å². The molecule has 0 spiro atoms. The summed E-state index contributed by atoms with van der Waals surface area (Å²) in [6.45, 7) is 0.763. The van der Waals surface area contributed by atoms with Crippen molar-refractivity contribution in [2.45, 2.75) is 0 Å². The standard InChI is InChI=1S/C36H23N3O2/c1-2-9-25-22(8-1)18-32(27-11-4-3-10-26(25)27)39(23-15-16-34-30(19-23)29-13-7-17-37-35(29)41-34)24-20-31-28-12-5-6-14-33(28)40-36(31)38-21-24/h1-16,18-21,37H,17H2.